The van der Waals surface area contributed by atoms with Crippen LogP contribution in [0.5, 0.6) is 0 Å². The quantitative estimate of drug-likeness (QED) is 0.848. The average molecular weight is 328 g/mol. The summed E-state index contributed by atoms with van der Waals surface area (Å²) in [5.41, 5.74) is -0.881. The van der Waals surface area contributed by atoms with Crippen LogP contribution in [0, 0.1) is 0 Å². The highest BCUT2D eigenvalue weighted by atomic mass is 35.5. The molecule has 0 saturated heterocycles. The Kier molecular flexibility index (Phi) is 4.51. The van der Waals surface area contributed by atoms with Crippen molar-refractivity contribution in [1.29, 1.82) is 0 Å². The summed E-state index contributed by atoms with van der Waals surface area (Å²) in [7, 11) is 0. The van der Waals surface area contributed by atoms with E-state index in [0.717, 1.165) is 12.1 Å². The third-order valence-electron chi connectivity index (χ3n) is 2.82. The summed E-state index contributed by atoms with van der Waals surface area (Å²) < 4.78 is 38.1. The van der Waals surface area contributed by atoms with Crippen molar-refractivity contribution in [3.05, 3.63) is 64.2 Å². The lowest BCUT2D eigenvalue weighted by atomic mass is 10.1. The second kappa shape index (κ2) is 6.19. The van der Waals surface area contributed by atoms with Crippen LogP contribution in [0.1, 0.15) is 26.3 Å². The first kappa shape index (κ1) is 16.0. The molecule has 1 N–H and O–H groups in total. The average Bonchev–Trinajstić information content (AvgIpc) is 2.45. The van der Waals surface area contributed by atoms with Crippen molar-refractivity contribution in [2.45, 2.75) is 6.18 Å². The fourth-order valence-electron chi connectivity index (χ4n) is 1.83. The van der Waals surface area contributed by atoms with Crippen LogP contribution in [0.15, 0.2) is 42.5 Å². The summed E-state index contributed by atoms with van der Waals surface area (Å²) in [6, 6.07) is 8.67. The molecule has 0 aromatic heterocycles. The van der Waals surface area contributed by atoms with E-state index in [2.05, 4.69) is 5.32 Å². The van der Waals surface area contributed by atoms with Crippen molar-refractivity contribution in [2.24, 2.45) is 0 Å². The zero-order valence-corrected chi connectivity index (χ0v) is 11.7. The van der Waals surface area contributed by atoms with Crippen LogP contribution in [0.4, 0.5) is 18.9 Å². The lowest BCUT2D eigenvalue weighted by Crippen LogP contribution is -2.15. The SMILES string of the molecule is O=Cc1ccccc1C(=O)Nc1cc(Cl)cc(C(F)(F)F)c1. The molecular weight excluding hydrogens is 319 g/mol. The highest BCUT2D eigenvalue weighted by Gasteiger charge is 2.31. The molecule has 2 aromatic carbocycles. The van der Waals surface area contributed by atoms with E-state index in [0.29, 0.717) is 6.29 Å². The predicted octanol–water partition coefficient (Wildman–Crippen LogP) is 4.42. The fraction of sp³-hybridized carbons (Fsp3) is 0.0667. The van der Waals surface area contributed by atoms with E-state index >= 15 is 0 Å². The number of carbonyl (C=O) groups excluding carboxylic acids is 2. The van der Waals surface area contributed by atoms with E-state index in [-0.39, 0.29) is 21.8 Å². The number of carbonyl (C=O) groups is 2. The van der Waals surface area contributed by atoms with Gasteiger partial charge in [-0.2, -0.15) is 13.2 Å². The number of nitrogens with one attached hydrogen (secondary N) is 1. The smallest absolute Gasteiger partial charge is 0.322 e. The summed E-state index contributed by atoms with van der Waals surface area (Å²) in [6.07, 6.45) is -4.08. The zero-order chi connectivity index (χ0) is 16.3. The minimum Gasteiger partial charge on any atom is -0.322 e. The lowest BCUT2D eigenvalue weighted by molar-refractivity contribution is -0.137. The summed E-state index contributed by atoms with van der Waals surface area (Å²) in [6.45, 7) is 0. The molecule has 0 aliphatic heterocycles. The molecule has 1 amide bonds. The zero-order valence-electron chi connectivity index (χ0n) is 10.9. The van der Waals surface area contributed by atoms with Crippen molar-refractivity contribution in [1.82, 2.24) is 0 Å². The van der Waals surface area contributed by atoms with Gasteiger partial charge in [-0.15, -0.1) is 0 Å². The van der Waals surface area contributed by atoms with Crippen LogP contribution in [0.25, 0.3) is 0 Å². The first-order chi connectivity index (χ1) is 10.3. The molecule has 3 nitrogen and oxygen atoms in total. The van der Waals surface area contributed by atoms with Crippen LogP contribution in [-0.4, -0.2) is 12.2 Å². The molecule has 22 heavy (non-hydrogen) atoms. The van der Waals surface area contributed by atoms with Gasteiger partial charge in [0, 0.05) is 16.3 Å². The number of rotatable bonds is 3. The van der Waals surface area contributed by atoms with Gasteiger partial charge >= 0.3 is 6.18 Å². The Morgan fingerprint density at radius 3 is 2.45 bits per heavy atom. The van der Waals surface area contributed by atoms with Gasteiger partial charge in [-0.1, -0.05) is 29.8 Å². The van der Waals surface area contributed by atoms with Crippen molar-refractivity contribution >= 4 is 29.5 Å². The third kappa shape index (κ3) is 3.65. The molecule has 0 atom stereocenters. The van der Waals surface area contributed by atoms with Gasteiger partial charge in [0.1, 0.15) is 0 Å². The Morgan fingerprint density at radius 2 is 1.82 bits per heavy atom. The molecule has 114 valence electrons. The number of anilines is 1. The first-order valence-electron chi connectivity index (χ1n) is 6.04. The normalized spacial score (nSPS) is 11.1. The van der Waals surface area contributed by atoms with Crippen molar-refractivity contribution in [3.63, 3.8) is 0 Å². The van der Waals surface area contributed by atoms with Gasteiger partial charge in [0.05, 0.1) is 11.1 Å². The molecule has 0 bridgehead atoms. The number of benzene rings is 2. The maximum absolute atomic E-state index is 12.7. The molecule has 0 heterocycles. The number of halogens is 4. The van der Waals surface area contributed by atoms with E-state index in [1.165, 1.54) is 18.2 Å². The standard InChI is InChI=1S/C15H9ClF3NO2/c16-11-5-10(15(17,18)19)6-12(7-11)20-14(22)13-4-2-1-3-9(13)8-21/h1-8H,(H,20,22). The molecular formula is C15H9ClF3NO2. The van der Waals surface area contributed by atoms with E-state index < -0.39 is 17.6 Å². The summed E-state index contributed by atoms with van der Waals surface area (Å²) in [4.78, 5) is 22.9. The highest BCUT2D eigenvalue weighted by molar-refractivity contribution is 6.31. The van der Waals surface area contributed by atoms with Gasteiger partial charge in [-0.05, 0) is 24.3 Å². The van der Waals surface area contributed by atoms with E-state index in [4.69, 9.17) is 11.6 Å². The Bertz CT molecular complexity index is 729. The molecule has 0 unspecified atom stereocenters. The second-order valence-electron chi connectivity index (χ2n) is 4.39. The van der Waals surface area contributed by atoms with Gasteiger partial charge in [0.15, 0.2) is 6.29 Å². The number of aldehydes is 1. The van der Waals surface area contributed by atoms with E-state index in [1.807, 2.05) is 0 Å². The number of hydrogen-bond acceptors (Lipinski definition) is 2. The van der Waals surface area contributed by atoms with Crippen LogP contribution < -0.4 is 5.32 Å². The van der Waals surface area contributed by atoms with Crippen molar-refractivity contribution in [2.75, 3.05) is 5.32 Å². The number of hydrogen-bond donors (Lipinski definition) is 1. The summed E-state index contributed by atoms with van der Waals surface area (Å²) in [5, 5.41) is 2.15. The molecule has 0 aliphatic carbocycles. The molecule has 0 fully saturated rings. The molecule has 2 aromatic rings. The van der Waals surface area contributed by atoms with Crippen molar-refractivity contribution < 1.29 is 22.8 Å². The highest BCUT2D eigenvalue weighted by Crippen LogP contribution is 2.33. The van der Waals surface area contributed by atoms with Crippen LogP contribution in [-0.2, 0) is 6.18 Å². The molecule has 7 heteroatoms. The summed E-state index contributed by atoms with van der Waals surface area (Å²) in [5.74, 6) is -0.696. The molecule has 0 saturated carbocycles. The molecule has 2 rings (SSSR count). The Morgan fingerprint density at radius 1 is 1.14 bits per heavy atom. The van der Waals surface area contributed by atoms with Crippen LogP contribution in [0.2, 0.25) is 5.02 Å². The van der Waals surface area contributed by atoms with Gasteiger partial charge in [0.25, 0.3) is 5.91 Å². The summed E-state index contributed by atoms with van der Waals surface area (Å²) >= 11 is 5.64. The second-order valence-corrected chi connectivity index (χ2v) is 4.82. The van der Waals surface area contributed by atoms with E-state index in [9.17, 15) is 22.8 Å². The van der Waals surface area contributed by atoms with Gasteiger partial charge in [-0.25, -0.2) is 0 Å². The monoisotopic (exact) mass is 327 g/mol. The lowest BCUT2D eigenvalue weighted by Gasteiger charge is -2.11. The minimum absolute atomic E-state index is 0.0611. The van der Waals surface area contributed by atoms with E-state index in [1.54, 1.807) is 12.1 Å². The Balaban J connectivity index is 2.33. The Labute approximate surface area is 128 Å². The maximum atomic E-state index is 12.7. The predicted molar refractivity (Wildman–Crippen MR) is 76.2 cm³/mol. The van der Waals surface area contributed by atoms with Crippen LogP contribution in [0.3, 0.4) is 0 Å². The molecule has 0 spiro atoms. The van der Waals surface area contributed by atoms with Gasteiger partial charge < -0.3 is 5.32 Å². The topological polar surface area (TPSA) is 46.2 Å². The number of alkyl halides is 3. The fourth-order valence-corrected chi connectivity index (χ4v) is 2.07. The van der Waals surface area contributed by atoms with Gasteiger partial charge in [-0.3, -0.25) is 9.59 Å². The Hall–Kier alpha value is -2.34. The number of amides is 1. The largest absolute Gasteiger partial charge is 0.416 e. The maximum Gasteiger partial charge on any atom is 0.416 e. The first-order valence-corrected chi connectivity index (χ1v) is 6.42. The van der Waals surface area contributed by atoms with Gasteiger partial charge in [0.2, 0.25) is 0 Å². The minimum atomic E-state index is -4.58. The molecule has 0 aliphatic rings. The van der Waals surface area contributed by atoms with Crippen LogP contribution >= 0.6 is 11.6 Å². The third-order valence-corrected chi connectivity index (χ3v) is 3.03. The van der Waals surface area contributed by atoms with Crippen molar-refractivity contribution in [3.8, 4) is 0 Å². The molecule has 0 radical (unpaired) electrons.